The maximum absolute atomic E-state index is 8.49. The van der Waals surface area contributed by atoms with Gasteiger partial charge in [-0.3, -0.25) is 10.3 Å². The lowest BCUT2D eigenvalue weighted by molar-refractivity contribution is 0.286. The van der Waals surface area contributed by atoms with Gasteiger partial charge in [0.15, 0.2) is 6.19 Å². The van der Waals surface area contributed by atoms with Crippen LogP contribution in [0.25, 0.3) is 0 Å². The van der Waals surface area contributed by atoms with E-state index in [-0.39, 0.29) is 6.04 Å². The van der Waals surface area contributed by atoms with E-state index < -0.39 is 0 Å². The van der Waals surface area contributed by atoms with Crippen LogP contribution in [0.4, 0.5) is 0 Å². The highest BCUT2D eigenvalue weighted by atomic mass is 35.5. The Kier molecular flexibility index (Phi) is 6.48. The minimum atomic E-state index is -0.0291. The molecule has 0 spiro atoms. The van der Waals surface area contributed by atoms with Crippen molar-refractivity contribution in [2.45, 2.75) is 26.3 Å². The fourth-order valence-corrected chi connectivity index (χ4v) is 1.94. The second-order valence-electron chi connectivity index (χ2n) is 3.93. The lowest BCUT2D eigenvalue weighted by atomic mass is 10.2. The van der Waals surface area contributed by atoms with Crippen LogP contribution in [0.3, 0.4) is 0 Å². The zero-order chi connectivity index (χ0) is 14.3. The Morgan fingerprint density at radius 3 is 2.58 bits per heavy atom. The molecule has 1 aromatic rings. The molecule has 0 heterocycles. The van der Waals surface area contributed by atoms with Crippen molar-refractivity contribution in [1.82, 2.24) is 5.32 Å². The smallest absolute Gasteiger partial charge is 0.182 e. The molecule has 102 valence electrons. The summed E-state index contributed by atoms with van der Waals surface area (Å²) in [5.41, 5.74) is 0. The van der Waals surface area contributed by atoms with Crippen LogP contribution in [0, 0.1) is 11.5 Å². The van der Waals surface area contributed by atoms with Gasteiger partial charge in [-0.05, 0) is 31.5 Å². The summed E-state index contributed by atoms with van der Waals surface area (Å²) < 4.78 is 5.61. The summed E-state index contributed by atoms with van der Waals surface area (Å²) in [5, 5.41) is 12.0. The van der Waals surface area contributed by atoms with E-state index in [4.69, 9.17) is 33.2 Å². The van der Waals surface area contributed by atoms with Crippen molar-refractivity contribution in [1.29, 1.82) is 5.26 Å². The molecule has 1 N–H and O–H groups in total. The predicted molar refractivity (Wildman–Crippen MR) is 77.9 cm³/mol. The number of nitrogens with one attached hydrogen (secondary N) is 1. The Labute approximate surface area is 123 Å². The molecule has 0 saturated carbocycles. The molecule has 0 fully saturated rings. The fraction of sp³-hybridized carbons (Fsp3) is 0.385. The standard InChI is InChI=1S/C13H15Cl2N3O/c1-3-12(18-9(2)17-8-16)7-19-13-5-10(14)4-11(15)6-13/h4-6,12H,3,7H2,1-2H3,(H,17,18)/t12-/m1/s1. The van der Waals surface area contributed by atoms with Crippen molar-refractivity contribution >= 4 is 29.0 Å². The number of ether oxygens (including phenoxy) is 1. The van der Waals surface area contributed by atoms with Crippen LogP contribution in [0.5, 0.6) is 5.75 Å². The lowest BCUT2D eigenvalue weighted by Gasteiger charge is -2.13. The molecule has 0 unspecified atom stereocenters. The van der Waals surface area contributed by atoms with E-state index >= 15 is 0 Å². The predicted octanol–water partition coefficient (Wildman–Crippen LogP) is 3.64. The minimum absolute atomic E-state index is 0.0291. The minimum Gasteiger partial charge on any atom is -0.491 e. The summed E-state index contributed by atoms with van der Waals surface area (Å²) in [6.45, 7) is 4.14. The third-order valence-electron chi connectivity index (χ3n) is 2.36. The molecule has 1 aromatic carbocycles. The molecule has 0 radical (unpaired) electrons. The summed E-state index contributed by atoms with van der Waals surface area (Å²) in [5.74, 6) is 1.18. The number of nitriles is 1. The Morgan fingerprint density at radius 2 is 2.05 bits per heavy atom. The molecule has 6 heteroatoms. The molecular formula is C13H15Cl2N3O. The van der Waals surface area contributed by atoms with Crippen LogP contribution >= 0.6 is 23.2 Å². The van der Waals surface area contributed by atoms with Crippen LogP contribution in [0.15, 0.2) is 23.2 Å². The third kappa shape index (κ3) is 5.82. The zero-order valence-corrected chi connectivity index (χ0v) is 12.3. The van der Waals surface area contributed by atoms with Gasteiger partial charge in [0.25, 0.3) is 0 Å². The summed E-state index contributed by atoms with van der Waals surface area (Å²) in [4.78, 5) is 4.34. The van der Waals surface area contributed by atoms with E-state index in [1.807, 2.05) is 13.1 Å². The number of amidine groups is 1. The fourth-order valence-electron chi connectivity index (χ4n) is 1.44. The molecule has 1 rings (SSSR count). The van der Waals surface area contributed by atoms with Crippen molar-refractivity contribution in [3.05, 3.63) is 28.2 Å². The van der Waals surface area contributed by atoms with Gasteiger partial charge in [-0.15, -0.1) is 0 Å². The number of rotatable bonds is 5. The van der Waals surface area contributed by atoms with Gasteiger partial charge < -0.3 is 4.74 Å². The second kappa shape index (κ2) is 7.88. The zero-order valence-electron chi connectivity index (χ0n) is 10.8. The average Bonchev–Trinajstić information content (AvgIpc) is 2.33. The molecule has 0 saturated heterocycles. The summed E-state index contributed by atoms with van der Waals surface area (Å²) in [6.07, 6.45) is 2.63. The van der Waals surface area contributed by atoms with Crippen LogP contribution in [-0.2, 0) is 0 Å². The molecular weight excluding hydrogens is 285 g/mol. The van der Waals surface area contributed by atoms with E-state index in [1.165, 1.54) is 0 Å². The Balaban J connectivity index is 2.63. The van der Waals surface area contributed by atoms with Gasteiger partial charge in [0.05, 0.1) is 6.04 Å². The first-order valence-corrected chi connectivity index (χ1v) is 6.59. The molecule has 0 aliphatic heterocycles. The number of hydrogen-bond acceptors (Lipinski definition) is 3. The van der Waals surface area contributed by atoms with Crippen molar-refractivity contribution < 1.29 is 4.74 Å². The first-order valence-electron chi connectivity index (χ1n) is 5.83. The average molecular weight is 300 g/mol. The van der Waals surface area contributed by atoms with E-state index in [0.717, 1.165) is 6.42 Å². The number of hydrogen-bond donors (Lipinski definition) is 1. The molecule has 0 aliphatic rings. The summed E-state index contributed by atoms with van der Waals surface area (Å²) in [6, 6.07) is 5.01. The van der Waals surface area contributed by atoms with Crippen LogP contribution in [-0.4, -0.2) is 18.5 Å². The largest absolute Gasteiger partial charge is 0.491 e. The molecule has 0 bridgehead atoms. The second-order valence-corrected chi connectivity index (χ2v) is 4.80. The van der Waals surface area contributed by atoms with Gasteiger partial charge in [0.2, 0.25) is 0 Å². The maximum atomic E-state index is 8.49. The van der Waals surface area contributed by atoms with Crippen molar-refractivity contribution in [3.63, 3.8) is 0 Å². The van der Waals surface area contributed by atoms with Crippen LogP contribution in [0.2, 0.25) is 10.0 Å². The Hall–Kier alpha value is -1.44. The third-order valence-corrected chi connectivity index (χ3v) is 2.80. The van der Waals surface area contributed by atoms with Gasteiger partial charge >= 0.3 is 0 Å². The van der Waals surface area contributed by atoms with Gasteiger partial charge in [-0.2, -0.15) is 5.26 Å². The monoisotopic (exact) mass is 299 g/mol. The molecule has 4 nitrogen and oxygen atoms in total. The molecule has 1 atom stereocenters. The number of aliphatic imine (C=N–C) groups is 1. The van der Waals surface area contributed by atoms with E-state index in [0.29, 0.717) is 28.2 Å². The first-order chi connectivity index (χ1) is 9.05. The SMILES string of the molecule is CC[C@H](COc1cc(Cl)cc(Cl)c1)N=C(C)NC#N. The Bertz CT molecular complexity index is 477. The molecule has 0 amide bonds. The van der Waals surface area contributed by atoms with E-state index in [9.17, 15) is 0 Å². The quantitative estimate of drug-likeness (QED) is 0.391. The first kappa shape index (κ1) is 15.6. The van der Waals surface area contributed by atoms with Gasteiger partial charge in [-0.25, -0.2) is 0 Å². The van der Waals surface area contributed by atoms with Crippen LogP contribution < -0.4 is 10.1 Å². The molecule has 0 aromatic heterocycles. The van der Waals surface area contributed by atoms with E-state index in [2.05, 4.69) is 10.3 Å². The molecule has 0 aliphatic carbocycles. The number of nitrogens with zero attached hydrogens (tertiary/aromatic N) is 2. The summed E-state index contributed by atoms with van der Waals surface area (Å²) in [7, 11) is 0. The van der Waals surface area contributed by atoms with Gasteiger partial charge in [0, 0.05) is 10.0 Å². The lowest BCUT2D eigenvalue weighted by Crippen LogP contribution is -2.21. The highest BCUT2D eigenvalue weighted by Crippen LogP contribution is 2.24. The topological polar surface area (TPSA) is 57.4 Å². The van der Waals surface area contributed by atoms with Crippen molar-refractivity contribution in [3.8, 4) is 11.9 Å². The van der Waals surface area contributed by atoms with Gasteiger partial charge in [-0.1, -0.05) is 30.1 Å². The number of benzene rings is 1. The van der Waals surface area contributed by atoms with Crippen LogP contribution in [0.1, 0.15) is 20.3 Å². The normalized spacial score (nSPS) is 12.7. The van der Waals surface area contributed by atoms with Crippen molar-refractivity contribution in [2.24, 2.45) is 4.99 Å². The van der Waals surface area contributed by atoms with E-state index in [1.54, 1.807) is 25.1 Å². The van der Waals surface area contributed by atoms with Gasteiger partial charge in [0.1, 0.15) is 18.2 Å². The maximum Gasteiger partial charge on any atom is 0.182 e. The highest BCUT2D eigenvalue weighted by molar-refractivity contribution is 6.34. The highest BCUT2D eigenvalue weighted by Gasteiger charge is 2.07. The van der Waals surface area contributed by atoms with Crippen molar-refractivity contribution in [2.75, 3.05) is 6.61 Å². The summed E-state index contributed by atoms with van der Waals surface area (Å²) >= 11 is 11.8. The number of halogens is 2. The Morgan fingerprint density at radius 1 is 1.42 bits per heavy atom. The molecule has 19 heavy (non-hydrogen) atoms.